The van der Waals surface area contributed by atoms with E-state index in [1.165, 1.54) is 25.9 Å². The number of rotatable bonds is 3. The molecule has 2 heteroatoms. The van der Waals surface area contributed by atoms with Crippen LogP contribution in [0.5, 0.6) is 0 Å². The molecule has 2 rings (SSSR count). The largest absolute Gasteiger partial charge is 0.309 e. The zero-order valence-electron chi connectivity index (χ0n) is 9.09. The molecule has 4 atom stereocenters. The first kappa shape index (κ1) is 9.47. The van der Waals surface area contributed by atoms with Crippen LogP contribution in [0.15, 0.2) is 0 Å². The molecule has 0 aromatic rings. The van der Waals surface area contributed by atoms with Gasteiger partial charge >= 0.3 is 0 Å². The monoisotopic (exact) mass is 182 g/mol. The quantitative estimate of drug-likeness (QED) is 0.708. The Bertz CT molecular complexity index is 181. The van der Waals surface area contributed by atoms with Gasteiger partial charge in [-0.2, -0.15) is 0 Å². The van der Waals surface area contributed by atoms with Crippen LogP contribution in [0.3, 0.4) is 0 Å². The maximum atomic E-state index is 3.79. The maximum Gasteiger partial charge on any atom is 0.0235 e. The zero-order chi connectivity index (χ0) is 9.42. The standard InChI is InChI=1S/C11H22N2/c1-4-9-5-10(9)12-11-7-13(3)6-8(11)2/h8-12H,4-7H2,1-3H3. The van der Waals surface area contributed by atoms with Crippen molar-refractivity contribution in [2.75, 3.05) is 20.1 Å². The Labute approximate surface area is 81.7 Å². The van der Waals surface area contributed by atoms with Gasteiger partial charge in [0.1, 0.15) is 0 Å². The molecule has 4 unspecified atom stereocenters. The highest BCUT2D eigenvalue weighted by Crippen LogP contribution is 2.34. The zero-order valence-corrected chi connectivity index (χ0v) is 9.09. The van der Waals surface area contributed by atoms with Gasteiger partial charge < -0.3 is 10.2 Å². The number of hydrogen-bond acceptors (Lipinski definition) is 2. The molecule has 0 aromatic carbocycles. The van der Waals surface area contributed by atoms with Crippen molar-refractivity contribution in [3.8, 4) is 0 Å². The van der Waals surface area contributed by atoms with Crippen molar-refractivity contribution in [2.24, 2.45) is 11.8 Å². The fraction of sp³-hybridized carbons (Fsp3) is 1.00. The van der Waals surface area contributed by atoms with Crippen molar-refractivity contribution in [2.45, 2.75) is 38.8 Å². The lowest BCUT2D eigenvalue weighted by atomic mass is 10.1. The van der Waals surface area contributed by atoms with Crippen LogP contribution < -0.4 is 5.32 Å². The van der Waals surface area contributed by atoms with Crippen LogP contribution in [-0.4, -0.2) is 37.1 Å². The molecule has 1 N–H and O–H groups in total. The average Bonchev–Trinajstić information content (AvgIpc) is 2.74. The van der Waals surface area contributed by atoms with Gasteiger partial charge in [-0.15, -0.1) is 0 Å². The molecule has 2 nitrogen and oxygen atoms in total. The minimum Gasteiger partial charge on any atom is -0.309 e. The first-order valence-electron chi connectivity index (χ1n) is 5.65. The molecule has 0 bridgehead atoms. The van der Waals surface area contributed by atoms with E-state index in [1.807, 2.05) is 0 Å². The molecule has 0 aromatic heterocycles. The molecule has 1 heterocycles. The first-order valence-corrected chi connectivity index (χ1v) is 5.65. The second-order valence-corrected chi connectivity index (χ2v) is 4.98. The van der Waals surface area contributed by atoms with E-state index in [9.17, 15) is 0 Å². The Morgan fingerprint density at radius 2 is 2.08 bits per heavy atom. The van der Waals surface area contributed by atoms with Gasteiger partial charge in [0.05, 0.1) is 0 Å². The van der Waals surface area contributed by atoms with E-state index in [0.717, 1.165) is 23.9 Å². The van der Waals surface area contributed by atoms with Gasteiger partial charge in [-0.3, -0.25) is 0 Å². The van der Waals surface area contributed by atoms with Gasteiger partial charge in [0, 0.05) is 25.2 Å². The van der Waals surface area contributed by atoms with Gasteiger partial charge in [0.25, 0.3) is 0 Å². The summed E-state index contributed by atoms with van der Waals surface area (Å²) in [4.78, 5) is 2.44. The van der Waals surface area contributed by atoms with Crippen molar-refractivity contribution in [3.05, 3.63) is 0 Å². The number of likely N-dealkylation sites (tertiary alicyclic amines) is 1. The SMILES string of the molecule is CCC1CC1NC1CN(C)CC1C. The lowest BCUT2D eigenvalue weighted by Crippen LogP contribution is -2.37. The van der Waals surface area contributed by atoms with Crippen LogP contribution in [0.1, 0.15) is 26.7 Å². The van der Waals surface area contributed by atoms with Gasteiger partial charge in [0.2, 0.25) is 0 Å². The third-order valence-electron chi connectivity index (χ3n) is 3.67. The van der Waals surface area contributed by atoms with Gasteiger partial charge in [-0.25, -0.2) is 0 Å². The third-order valence-corrected chi connectivity index (χ3v) is 3.67. The van der Waals surface area contributed by atoms with Crippen LogP contribution in [0.4, 0.5) is 0 Å². The molecular formula is C11H22N2. The van der Waals surface area contributed by atoms with E-state index >= 15 is 0 Å². The third kappa shape index (κ3) is 2.05. The van der Waals surface area contributed by atoms with Crippen molar-refractivity contribution in [1.29, 1.82) is 0 Å². The molecule has 2 aliphatic rings. The molecule has 1 saturated carbocycles. The summed E-state index contributed by atoms with van der Waals surface area (Å²) in [5.74, 6) is 1.82. The fourth-order valence-corrected chi connectivity index (χ4v) is 2.60. The lowest BCUT2D eigenvalue weighted by molar-refractivity contribution is 0.394. The Balaban J connectivity index is 1.76. The lowest BCUT2D eigenvalue weighted by Gasteiger charge is -2.16. The Kier molecular flexibility index (Phi) is 2.61. The average molecular weight is 182 g/mol. The normalized spacial score (nSPS) is 45.5. The minimum absolute atomic E-state index is 0.756. The summed E-state index contributed by atoms with van der Waals surface area (Å²) < 4.78 is 0. The Morgan fingerprint density at radius 1 is 1.31 bits per heavy atom. The number of nitrogens with zero attached hydrogens (tertiary/aromatic N) is 1. The molecule has 1 saturated heterocycles. The number of hydrogen-bond donors (Lipinski definition) is 1. The van der Waals surface area contributed by atoms with Gasteiger partial charge in [-0.05, 0) is 25.3 Å². The highest BCUT2D eigenvalue weighted by Gasteiger charge is 2.39. The molecule has 76 valence electrons. The smallest absolute Gasteiger partial charge is 0.0235 e. The van der Waals surface area contributed by atoms with Gasteiger partial charge in [0.15, 0.2) is 0 Å². The molecular weight excluding hydrogens is 160 g/mol. The Morgan fingerprint density at radius 3 is 2.54 bits per heavy atom. The van der Waals surface area contributed by atoms with Crippen LogP contribution >= 0.6 is 0 Å². The molecule has 1 aliphatic heterocycles. The summed E-state index contributed by atoms with van der Waals surface area (Å²) in [5.41, 5.74) is 0. The second kappa shape index (κ2) is 3.58. The maximum absolute atomic E-state index is 3.79. The highest BCUT2D eigenvalue weighted by atomic mass is 15.2. The molecule has 0 spiro atoms. The van der Waals surface area contributed by atoms with Crippen LogP contribution in [-0.2, 0) is 0 Å². The summed E-state index contributed by atoms with van der Waals surface area (Å²) in [7, 11) is 2.22. The van der Waals surface area contributed by atoms with E-state index in [4.69, 9.17) is 0 Å². The van der Waals surface area contributed by atoms with E-state index in [1.54, 1.807) is 0 Å². The van der Waals surface area contributed by atoms with Crippen molar-refractivity contribution in [1.82, 2.24) is 10.2 Å². The minimum atomic E-state index is 0.756. The Hall–Kier alpha value is -0.0800. The summed E-state index contributed by atoms with van der Waals surface area (Å²) in [6.45, 7) is 7.18. The molecule has 2 fully saturated rings. The highest BCUT2D eigenvalue weighted by molar-refractivity contribution is 4.97. The van der Waals surface area contributed by atoms with Crippen molar-refractivity contribution < 1.29 is 0 Å². The predicted octanol–water partition coefficient (Wildman–Crippen LogP) is 1.32. The van der Waals surface area contributed by atoms with E-state index in [0.29, 0.717) is 0 Å². The van der Waals surface area contributed by atoms with E-state index in [-0.39, 0.29) is 0 Å². The number of nitrogens with one attached hydrogen (secondary N) is 1. The van der Waals surface area contributed by atoms with Crippen molar-refractivity contribution >= 4 is 0 Å². The van der Waals surface area contributed by atoms with E-state index < -0.39 is 0 Å². The van der Waals surface area contributed by atoms with Crippen molar-refractivity contribution in [3.63, 3.8) is 0 Å². The summed E-state index contributed by atoms with van der Waals surface area (Å²) >= 11 is 0. The van der Waals surface area contributed by atoms with Gasteiger partial charge in [-0.1, -0.05) is 20.3 Å². The van der Waals surface area contributed by atoms with E-state index in [2.05, 4.69) is 31.1 Å². The molecule has 1 aliphatic carbocycles. The summed E-state index contributed by atoms with van der Waals surface area (Å²) in [6, 6.07) is 1.61. The predicted molar refractivity (Wildman–Crippen MR) is 55.8 cm³/mol. The topological polar surface area (TPSA) is 15.3 Å². The van der Waals surface area contributed by atoms with Crippen LogP contribution in [0.25, 0.3) is 0 Å². The molecule has 0 radical (unpaired) electrons. The number of likely N-dealkylation sites (N-methyl/N-ethyl adjacent to an activating group) is 1. The molecule has 13 heavy (non-hydrogen) atoms. The molecule has 0 amide bonds. The first-order chi connectivity index (χ1) is 6.20. The summed E-state index contributed by atoms with van der Waals surface area (Å²) in [5, 5.41) is 3.79. The van der Waals surface area contributed by atoms with Crippen LogP contribution in [0.2, 0.25) is 0 Å². The fourth-order valence-electron chi connectivity index (χ4n) is 2.60. The van der Waals surface area contributed by atoms with Crippen LogP contribution in [0, 0.1) is 11.8 Å². The second-order valence-electron chi connectivity index (χ2n) is 4.98. The summed E-state index contributed by atoms with van der Waals surface area (Å²) in [6.07, 6.45) is 2.78.